The largest absolute Gasteiger partial charge is 0.340 e. The van der Waals surface area contributed by atoms with E-state index in [9.17, 15) is 9.59 Å². The average molecular weight is 349 g/mol. The summed E-state index contributed by atoms with van der Waals surface area (Å²) in [6, 6.07) is -0.0967. The van der Waals surface area contributed by atoms with Crippen LogP contribution in [0.1, 0.15) is 44.0 Å². The highest BCUT2D eigenvalue weighted by atomic mass is 16.2. The number of hydrogen-bond acceptors (Lipinski definition) is 4. The maximum absolute atomic E-state index is 12.9. The van der Waals surface area contributed by atoms with Gasteiger partial charge in [-0.05, 0) is 39.8 Å². The van der Waals surface area contributed by atoms with Crippen LogP contribution in [-0.2, 0) is 11.3 Å². The van der Waals surface area contributed by atoms with Crippen LogP contribution >= 0.6 is 0 Å². The van der Waals surface area contributed by atoms with Crippen LogP contribution in [0.3, 0.4) is 0 Å². The molecule has 7 nitrogen and oxygen atoms in total. The quantitative estimate of drug-likeness (QED) is 0.803. The van der Waals surface area contributed by atoms with Gasteiger partial charge in [-0.1, -0.05) is 13.8 Å². The van der Waals surface area contributed by atoms with Gasteiger partial charge in [-0.15, -0.1) is 0 Å². The van der Waals surface area contributed by atoms with Crippen molar-refractivity contribution in [2.45, 2.75) is 52.2 Å². The van der Waals surface area contributed by atoms with Gasteiger partial charge in [-0.2, -0.15) is 5.10 Å². The number of likely N-dealkylation sites (tertiary alicyclic amines) is 1. The van der Waals surface area contributed by atoms with Gasteiger partial charge < -0.3 is 15.1 Å². The zero-order chi connectivity index (χ0) is 18.6. The lowest BCUT2D eigenvalue weighted by molar-refractivity contribution is -0.132. The topological polar surface area (TPSA) is 70.5 Å². The summed E-state index contributed by atoms with van der Waals surface area (Å²) in [6.45, 7) is 8.28. The molecule has 140 valence electrons. The molecule has 2 amide bonds. The van der Waals surface area contributed by atoms with Crippen LogP contribution in [0.15, 0.2) is 12.4 Å². The Labute approximate surface area is 150 Å². The fourth-order valence-corrected chi connectivity index (χ4v) is 3.17. The molecule has 1 aliphatic heterocycles. The predicted molar refractivity (Wildman–Crippen MR) is 97.3 cm³/mol. The minimum atomic E-state index is -0.488. The highest BCUT2D eigenvalue weighted by Crippen LogP contribution is 2.17. The van der Waals surface area contributed by atoms with Gasteiger partial charge in [-0.25, -0.2) is 0 Å². The van der Waals surface area contributed by atoms with Crippen molar-refractivity contribution >= 4 is 11.8 Å². The van der Waals surface area contributed by atoms with Crippen LogP contribution in [0.25, 0.3) is 0 Å². The molecule has 0 unspecified atom stereocenters. The summed E-state index contributed by atoms with van der Waals surface area (Å²) in [5, 5.41) is 7.06. The average Bonchev–Trinajstić information content (AvgIpc) is 3.22. The number of likely N-dealkylation sites (N-methyl/N-ethyl adjacent to an activating group) is 1. The standard InChI is InChI=1S/C18H31N5O2/c1-6-23-11-14(10-19-23)17(24)20-16(9-13(2)3)18(25)22-8-7-15(12-22)21(4)5/h10-11,13,15-16H,6-9,12H2,1-5H3,(H,20,24)/t15-,16-/m0/s1. The molecular weight excluding hydrogens is 318 g/mol. The van der Waals surface area contributed by atoms with E-state index in [0.717, 1.165) is 19.5 Å². The van der Waals surface area contributed by atoms with Crippen molar-refractivity contribution in [2.24, 2.45) is 5.92 Å². The molecule has 1 fully saturated rings. The van der Waals surface area contributed by atoms with Gasteiger partial charge in [0, 0.05) is 31.9 Å². The molecule has 0 radical (unpaired) electrons. The summed E-state index contributed by atoms with van der Waals surface area (Å²) >= 11 is 0. The lowest BCUT2D eigenvalue weighted by atomic mass is 10.0. The second-order valence-corrected chi connectivity index (χ2v) is 7.43. The first kappa shape index (κ1) is 19.4. The number of rotatable bonds is 7. The molecular formula is C18H31N5O2. The monoisotopic (exact) mass is 349 g/mol. The predicted octanol–water partition coefficient (Wildman–Crippen LogP) is 1.21. The number of amides is 2. The molecule has 0 spiro atoms. The normalized spacial score (nSPS) is 18.8. The SMILES string of the molecule is CCn1cc(C(=O)N[C@@H](CC(C)C)C(=O)N2CC[C@H](N(C)C)C2)cn1. The zero-order valence-electron chi connectivity index (χ0n) is 16.0. The van der Waals surface area contributed by atoms with Crippen molar-refractivity contribution in [3.63, 3.8) is 0 Å². The molecule has 1 aromatic rings. The molecule has 2 atom stereocenters. The van der Waals surface area contributed by atoms with Crippen molar-refractivity contribution in [3.05, 3.63) is 18.0 Å². The van der Waals surface area contributed by atoms with E-state index in [0.29, 0.717) is 30.5 Å². The third kappa shape index (κ3) is 5.04. The molecule has 25 heavy (non-hydrogen) atoms. The van der Waals surface area contributed by atoms with Crippen LogP contribution in [0.5, 0.6) is 0 Å². The minimum absolute atomic E-state index is 0.0225. The molecule has 0 bridgehead atoms. The number of nitrogens with zero attached hydrogens (tertiary/aromatic N) is 4. The van der Waals surface area contributed by atoms with Gasteiger partial charge in [0.25, 0.3) is 5.91 Å². The summed E-state index contributed by atoms with van der Waals surface area (Å²) in [6.07, 6.45) is 4.87. The Morgan fingerprint density at radius 2 is 2.12 bits per heavy atom. The van der Waals surface area contributed by atoms with Crippen LogP contribution in [0.4, 0.5) is 0 Å². The van der Waals surface area contributed by atoms with Gasteiger partial charge in [0.15, 0.2) is 0 Å². The molecule has 7 heteroatoms. The van der Waals surface area contributed by atoms with E-state index in [1.165, 1.54) is 0 Å². The molecule has 1 saturated heterocycles. The van der Waals surface area contributed by atoms with E-state index in [1.54, 1.807) is 17.1 Å². The second kappa shape index (κ2) is 8.47. The molecule has 2 rings (SSSR count). The minimum Gasteiger partial charge on any atom is -0.340 e. The number of carbonyl (C=O) groups excluding carboxylic acids is 2. The molecule has 0 saturated carbocycles. The van der Waals surface area contributed by atoms with E-state index in [2.05, 4.69) is 29.2 Å². The summed E-state index contributed by atoms with van der Waals surface area (Å²) in [7, 11) is 4.08. The number of carbonyl (C=O) groups is 2. The van der Waals surface area contributed by atoms with Crippen LogP contribution < -0.4 is 5.32 Å². The molecule has 0 aromatic carbocycles. The van der Waals surface area contributed by atoms with Crippen molar-refractivity contribution in [1.82, 2.24) is 24.9 Å². The van der Waals surface area contributed by atoms with E-state index in [1.807, 2.05) is 25.9 Å². The molecule has 0 aliphatic carbocycles. The van der Waals surface area contributed by atoms with Crippen LogP contribution in [-0.4, -0.2) is 70.7 Å². The first-order valence-corrected chi connectivity index (χ1v) is 9.10. The summed E-state index contributed by atoms with van der Waals surface area (Å²) < 4.78 is 1.70. The zero-order valence-corrected chi connectivity index (χ0v) is 16.0. The lowest BCUT2D eigenvalue weighted by Crippen LogP contribution is -2.49. The van der Waals surface area contributed by atoms with Crippen LogP contribution in [0, 0.1) is 5.92 Å². The molecule has 1 aromatic heterocycles. The first-order chi connectivity index (χ1) is 11.8. The van der Waals surface area contributed by atoms with Gasteiger partial charge in [0.2, 0.25) is 5.91 Å². The van der Waals surface area contributed by atoms with E-state index in [-0.39, 0.29) is 11.8 Å². The molecule has 1 aliphatic rings. The first-order valence-electron chi connectivity index (χ1n) is 9.10. The van der Waals surface area contributed by atoms with Crippen LogP contribution in [0.2, 0.25) is 0 Å². The maximum Gasteiger partial charge on any atom is 0.255 e. The second-order valence-electron chi connectivity index (χ2n) is 7.43. The van der Waals surface area contributed by atoms with Gasteiger partial charge in [0.1, 0.15) is 6.04 Å². The van der Waals surface area contributed by atoms with Crippen molar-refractivity contribution in [2.75, 3.05) is 27.2 Å². The van der Waals surface area contributed by atoms with Crippen molar-refractivity contribution < 1.29 is 9.59 Å². The fourth-order valence-electron chi connectivity index (χ4n) is 3.17. The summed E-state index contributed by atoms with van der Waals surface area (Å²) in [4.78, 5) is 29.5. The maximum atomic E-state index is 12.9. The third-order valence-corrected chi connectivity index (χ3v) is 4.74. The van der Waals surface area contributed by atoms with Crippen molar-refractivity contribution in [3.8, 4) is 0 Å². The van der Waals surface area contributed by atoms with Gasteiger partial charge >= 0.3 is 0 Å². The third-order valence-electron chi connectivity index (χ3n) is 4.74. The summed E-state index contributed by atoms with van der Waals surface area (Å²) in [5.41, 5.74) is 0.496. The van der Waals surface area contributed by atoms with E-state index < -0.39 is 6.04 Å². The Morgan fingerprint density at radius 3 is 2.64 bits per heavy atom. The Bertz CT molecular complexity index is 596. The Hall–Kier alpha value is -1.89. The Kier molecular flexibility index (Phi) is 6.58. The fraction of sp³-hybridized carbons (Fsp3) is 0.722. The van der Waals surface area contributed by atoms with E-state index in [4.69, 9.17) is 0 Å². The Morgan fingerprint density at radius 1 is 1.40 bits per heavy atom. The lowest BCUT2D eigenvalue weighted by Gasteiger charge is -2.26. The summed E-state index contributed by atoms with van der Waals surface area (Å²) in [5.74, 6) is 0.108. The van der Waals surface area contributed by atoms with Crippen molar-refractivity contribution in [1.29, 1.82) is 0 Å². The van der Waals surface area contributed by atoms with Gasteiger partial charge in [-0.3, -0.25) is 14.3 Å². The number of aromatic nitrogens is 2. The smallest absolute Gasteiger partial charge is 0.255 e. The van der Waals surface area contributed by atoms with Gasteiger partial charge in [0.05, 0.1) is 11.8 Å². The highest BCUT2D eigenvalue weighted by molar-refractivity contribution is 5.97. The molecule has 1 N–H and O–H groups in total. The number of nitrogens with one attached hydrogen (secondary N) is 1. The number of hydrogen-bond donors (Lipinski definition) is 1. The Balaban J connectivity index is 2.05. The number of aryl methyl sites for hydroxylation is 1. The van der Waals surface area contributed by atoms with E-state index >= 15 is 0 Å². The molecule has 2 heterocycles. The highest BCUT2D eigenvalue weighted by Gasteiger charge is 2.33.